The Bertz CT molecular complexity index is 913. The van der Waals surface area contributed by atoms with Crippen LogP contribution in [-0.2, 0) is 6.18 Å². The van der Waals surface area contributed by atoms with E-state index >= 15 is 0 Å². The van der Waals surface area contributed by atoms with Crippen molar-refractivity contribution in [1.82, 2.24) is 0 Å². The SMILES string of the molecule is Cc1ccccc1NC(=O)c1ccc(-c2ccccc2C(F)(F)F)o1. The van der Waals surface area contributed by atoms with Crippen molar-refractivity contribution in [3.05, 3.63) is 77.6 Å². The maximum Gasteiger partial charge on any atom is 0.417 e. The van der Waals surface area contributed by atoms with E-state index in [2.05, 4.69) is 5.32 Å². The molecule has 0 aliphatic carbocycles. The molecule has 0 unspecified atom stereocenters. The van der Waals surface area contributed by atoms with Gasteiger partial charge in [-0.05, 0) is 36.8 Å². The predicted octanol–water partition coefficient (Wildman–Crippen LogP) is 5.53. The molecule has 0 fully saturated rings. The Morgan fingerprint density at radius 2 is 1.64 bits per heavy atom. The third-order valence-electron chi connectivity index (χ3n) is 3.72. The van der Waals surface area contributed by atoms with Gasteiger partial charge < -0.3 is 9.73 Å². The Labute approximate surface area is 142 Å². The molecule has 0 atom stereocenters. The average molecular weight is 345 g/mol. The molecule has 0 spiro atoms. The molecular formula is C19H14F3NO2. The van der Waals surface area contributed by atoms with E-state index in [-0.39, 0.29) is 17.1 Å². The molecule has 0 aliphatic rings. The number of benzene rings is 2. The number of furan rings is 1. The average Bonchev–Trinajstić information content (AvgIpc) is 3.06. The lowest BCUT2D eigenvalue weighted by Crippen LogP contribution is -2.11. The van der Waals surface area contributed by atoms with Crippen LogP contribution in [0.5, 0.6) is 0 Å². The number of rotatable bonds is 3. The highest BCUT2D eigenvalue weighted by molar-refractivity contribution is 6.03. The highest BCUT2D eigenvalue weighted by Gasteiger charge is 2.34. The minimum absolute atomic E-state index is 0.0112. The van der Waals surface area contributed by atoms with Crippen molar-refractivity contribution in [1.29, 1.82) is 0 Å². The number of halogens is 3. The van der Waals surface area contributed by atoms with E-state index in [0.29, 0.717) is 5.69 Å². The predicted molar refractivity (Wildman–Crippen MR) is 88.3 cm³/mol. The van der Waals surface area contributed by atoms with Gasteiger partial charge in [0.25, 0.3) is 5.91 Å². The topological polar surface area (TPSA) is 42.2 Å². The summed E-state index contributed by atoms with van der Waals surface area (Å²) in [6.45, 7) is 1.84. The first kappa shape index (κ1) is 16.8. The van der Waals surface area contributed by atoms with Crippen LogP contribution >= 0.6 is 0 Å². The van der Waals surface area contributed by atoms with Crippen molar-refractivity contribution in [3.63, 3.8) is 0 Å². The second kappa shape index (κ2) is 6.47. The van der Waals surface area contributed by atoms with Gasteiger partial charge in [-0.1, -0.05) is 36.4 Å². The van der Waals surface area contributed by atoms with Crippen LogP contribution in [0, 0.1) is 6.92 Å². The Balaban J connectivity index is 1.89. The number of carbonyl (C=O) groups excluding carboxylic acids is 1. The lowest BCUT2D eigenvalue weighted by Gasteiger charge is -2.10. The summed E-state index contributed by atoms with van der Waals surface area (Å²) in [5, 5.41) is 2.68. The molecule has 1 heterocycles. The van der Waals surface area contributed by atoms with Crippen LogP contribution in [0.25, 0.3) is 11.3 Å². The Morgan fingerprint density at radius 3 is 2.36 bits per heavy atom. The van der Waals surface area contributed by atoms with Crippen LogP contribution < -0.4 is 5.32 Å². The van der Waals surface area contributed by atoms with Crippen molar-refractivity contribution in [2.45, 2.75) is 13.1 Å². The zero-order valence-corrected chi connectivity index (χ0v) is 13.2. The molecule has 128 valence electrons. The third kappa shape index (κ3) is 3.57. The molecule has 1 aromatic heterocycles. The van der Waals surface area contributed by atoms with Gasteiger partial charge in [0.15, 0.2) is 5.76 Å². The van der Waals surface area contributed by atoms with Crippen molar-refractivity contribution in [2.24, 2.45) is 0 Å². The number of anilines is 1. The fraction of sp³-hybridized carbons (Fsp3) is 0.105. The quantitative estimate of drug-likeness (QED) is 0.678. The Hall–Kier alpha value is -3.02. The number of hydrogen-bond donors (Lipinski definition) is 1. The van der Waals surface area contributed by atoms with Gasteiger partial charge in [-0.25, -0.2) is 0 Å². The van der Waals surface area contributed by atoms with Crippen LogP contribution in [-0.4, -0.2) is 5.91 Å². The molecule has 3 aromatic rings. The van der Waals surface area contributed by atoms with E-state index < -0.39 is 17.6 Å². The summed E-state index contributed by atoms with van der Waals surface area (Å²) in [5.41, 5.74) is 0.561. The molecular weight excluding hydrogens is 331 g/mol. The number of carbonyl (C=O) groups is 1. The summed E-state index contributed by atoms with van der Waals surface area (Å²) in [7, 11) is 0. The summed E-state index contributed by atoms with van der Waals surface area (Å²) >= 11 is 0. The number of aryl methyl sites for hydroxylation is 1. The highest BCUT2D eigenvalue weighted by Crippen LogP contribution is 2.37. The van der Waals surface area contributed by atoms with Crippen LogP contribution in [0.15, 0.2) is 65.1 Å². The molecule has 0 saturated heterocycles. The van der Waals surface area contributed by atoms with E-state index in [1.54, 1.807) is 12.1 Å². The number of amides is 1. The van der Waals surface area contributed by atoms with Gasteiger partial charge in [-0.15, -0.1) is 0 Å². The Morgan fingerprint density at radius 1 is 0.960 bits per heavy atom. The summed E-state index contributed by atoms with van der Waals surface area (Å²) in [4.78, 5) is 12.3. The van der Waals surface area contributed by atoms with Gasteiger partial charge in [0.2, 0.25) is 0 Å². The molecule has 0 radical (unpaired) electrons. The largest absolute Gasteiger partial charge is 0.451 e. The van der Waals surface area contributed by atoms with Gasteiger partial charge >= 0.3 is 6.18 Å². The van der Waals surface area contributed by atoms with Crippen molar-refractivity contribution < 1.29 is 22.4 Å². The molecule has 6 heteroatoms. The first-order valence-corrected chi connectivity index (χ1v) is 7.49. The molecule has 1 amide bonds. The lowest BCUT2D eigenvalue weighted by molar-refractivity contribution is -0.137. The van der Waals surface area contributed by atoms with Gasteiger partial charge in [0.1, 0.15) is 5.76 Å². The fourth-order valence-corrected chi connectivity index (χ4v) is 2.45. The van der Waals surface area contributed by atoms with E-state index in [4.69, 9.17) is 4.42 Å². The van der Waals surface area contributed by atoms with Crippen molar-refractivity contribution >= 4 is 11.6 Å². The summed E-state index contributed by atoms with van der Waals surface area (Å²) in [6.07, 6.45) is -4.51. The second-order valence-electron chi connectivity index (χ2n) is 5.48. The summed E-state index contributed by atoms with van der Waals surface area (Å²) in [6, 6.07) is 15.0. The van der Waals surface area contributed by atoms with E-state index in [1.807, 2.05) is 19.1 Å². The van der Waals surface area contributed by atoms with Crippen LogP contribution in [0.2, 0.25) is 0 Å². The maximum atomic E-state index is 13.1. The first-order chi connectivity index (χ1) is 11.9. The van der Waals surface area contributed by atoms with E-state index in [0.717, 1.165) is 11.6 Å². The van der Waals surface area contributed by atoms with Gasteiger partial charge in [0, 0.05) is 11.3 Å². The van der Waals surface area contributed by atoms with Crippen molar-refractivity contribution in [3.8, 4) is 11.3 Å². The number of alkyl halides is 3. The van der Waals surface area contributed by atoms with Crippen LogP contribution in [0.1, 0.15) is 21.7 Å². The molecule has 1 N–H and O–H groups in total. The standard InChI is InChI=1S/C19H14F3NO2/c1-12-6-2-5-9-15(12)23-18(24)17-11-10-16(25-17)13-7-3-4-8-14(13)19(20,21)22/h2-11H,1H3,(H,23,24). The van der Waals surface area contributed by atoms with Gasteiger partial charge in [-0.2, -0.15) is 13.2 Å². The smallest absolute Gasteiger partial charge is 0.417 e. The second-order valence-corrected chi connectivity index (χ2v) is 5.48. The fourth-order valence-electron chi connectivity index (χ4n) is 2.45. The number of nitrogens with one attached hydrogen (secondary N) is 1. The zero-order chi connectivity index (χ0) is 18.0. The zero-order valence-electron chi connectivity index (χ0n) is 13.2. The van der Waals surface area contributed by atoms with Crippen LogP contribution in [0.3, 0.4) is 0 Å². The molecule has 3 nitrogen and oxygen atoms in total. The van der Waals surface area contributed by atoms with Crippen molar-refractivity contribution in [2.75, 3.05) is 5.32 Å². The van der Waals surface area contributed by atoms with E-state index in [9.17, 15) is 18.0 Å². The molecule has 25 heavy (non-hydrogen) atoms. The van der Waals surface area contributed by atoms with Gasteiger partial charge in [-0.3, -0.25) is 4.79 Å². The summed E-state index contributed by atoms with van der Waals surface area (Å²) < 4.78 is 44.7. The Kier molecular flexibility index (Phi) is 4.35. The highest BCUT2D eigenvalue weighted by atomic mass is 19.4. The molecule has 3 rings (SSSR count). The normalized spacial score (nSPS) is 11.4. The number of hydrogen-bond acceptors (Lipinski definition) is 2. The minimum Gasteiger partial charge on any atom is -0.451 e. The van der Waals surface area contributed by atoms with Gasteiger partial charge in [0.05, 0.1) is 5.56 Å². The lowest BCUT2D eigenvalue weighted by atomic mass is 10.1. The third-order valence-corrected chi connectivity index (χ3v) is 3.72. The summed E-state index contributed by atoms with van der Waals surface area (Å²) in [5.74, 6) is -0.594. The monoisotopic (exact) mass is 345 g/mol. The van der Waals surface area contributed by atoms with E-state index in [1.165, 1.54) is 30.3 Å². The van der Waals surface area contributed by atoms with Crippen LogP contribution in [0.4, 0.5) is 18.9 Å². The maximum absolute atomic E-state index is 13.1. The minimum atomic E-state index is -4.51. The number of para-hydroxylation sites is 1. The molecule has 2 aromatic carbocycles. The first-order valence-electron chi connectivity index (χ1n) is 7.49. The molecule has 0 saturated carbocycles. The molecule has 0 aliphatic heterocycles. The molecule has 0 bridgehead atoms.